The van der Waals surface area contributed by atoms with Crippen LogP contribution in [0.15, 0.2) is 0 Å². The van der Waals surface area contributed by atoms with Crippen molar-refractivity contribution >= 4 is 5.97 Å². The van der Waals surface area contributed by atoms with Crippen molar-refractivity contribution in [2.45, 2.75) is 78.6 Å². The van der Waals surface area contributed by atoms with E-state index in [1.54, 1.807) is 0 Å². The highest BCUT2D eigenvalue weighted by Gasteiger charge is 2.03. The maximum atomic E-state index is 11.6. The van der Waals surface area contributed by atoms with Gasteiger partial charge in [-0.3, -0.25) is 4.79 Å². The number of ether oxygens (including phenoxy) is 5. The Morgan fingerprint density at radius 2 is 1.14 bits per heavy atom. The molecule has 29 heavy (non-hydrogen) atoms. The average molecular weight is 419 g/mol. The molecule has 6 nitrogen and oxygen atoms in total. The summed E-state index contributed by atoms with van der Waals surface area (Å²) in [6.07, 6.45) is 9.25. The molecule has 0 fully saturated rings. The Hall–Kier alpha value is -0.690. The van der Waals surface area contributed by atoms with E-state index < -0.39 is 0 Å². The summed E-state index contributed by atoms with van der Waals surface area (Å²) in [6, 6.07) is 0. The van der Waals surface area contributed by atoms with Crippen LogP contribution in [0.2, 0.25) is 0 Å². The van der Waals surface area contributed by atoms with Crippen molar-refractivity contribution in [2.24, 2.45) is 5.92 Å². The van der Waals surface area contributed by atoms with E-state index in [-0.39, 0.29) is 5.97 Å². The van der Waals surface area contributed by atoms with E-state index in [0.29, 0.717) is 65.7 Å². The van der Waals surface area contributed by atoms with Crippen molar-refractivity contribution in [3.05, 3.63) is 0 Å². The fourth-order valence-corrected chi connectivity index (χ4v) is 2.59. The second-order valence-electron chi connectivity index (χ2n) is 7.72. The lowest BCUT2D eigenvalue weighted by Gasteiger charge is -2.08. The third kappa shape index (κ3) is 25.3. The Kier molecular flexibility index (Phi) is 23.0. The first-order chi connectivity index (χ1) is 14.2. The molecule has 0 aliphatic rings. The van der Waals surface area contributed by atoms with E-state index in [4.69, 9.17) is 23.7 Å². The number of unbranched alkanes of at least 4 members (excludes halogenated alkanes) is 4. The van der Waals surface area contributed by atoms with Crippen molar-refractivity contribution < 1.29 is 28.5 Å². The van der Waals surface area contributed by atoms with Crippen molar-refractivity contribution in [2.75, 3.05) is 59.5 Å². The number of hydrogen-bond donors (Lipinski definition) is 0. The molecule has 0 amide bonds. The standard InChI is InChI=1S/C23H46O6/c1-4-5-13-25-16-18-27-20-21-28-19-17-26-14-10-12-23(24)29-15-9-7-6-8-11-22(2)3/h22H,4-21H2,1-3H3. The van der Waals surface area contributed by atoms with E-state index in [2.05, 4.69) is 20.8 Å². The van der Waals surface area contributed by atoms with Gasteiger partial charge in [0, 0.05) is 19.6 Å². The Morgan fingerprint density at radius 1 is 0.621 bits per heavy atom. The molecule has 0 aliphatic heterocycles. The van der Waals surface area contributed by atoms with Crippen LogP contribution >= 0.6 is 0 Å². The summed E-state index contributed by atoms with van der Waals surface area (Å²) in [5.41, 5.74) is 0. The molecule has 0 aromatic carbocycles. The van der Waals surface area contributed by atoms with Gasteiger partial charge in [0.15, 0.2) is 0 Å². The molecule has 0 aromatic rings. The lowest BCUT2D eigenvalue weighted by atomic mass is 10.0. The van der Waals surface area contributed by atoms with Gasteiger partial charge >= 0.3 is 5.97 Å². The van der Waals surface area contributed by atoms with Crippen LogP contribution in [-0.2, 0) is 28.5 Å². The van der Waals surface area contributed by atoms with Gasteiger partial charge in [-0.25, -0.2) is 0 Å². The molecular weight excluding hydrogens is 372 g/mol. The van der Waals surface area contributed by atoms with Gasteiger partial charge in [-0.1, -0.05) is 52.9 Å². The van der Waals surface area contributed by atoms with Crippen LogP contribution in [0, 0.1) is 5.92 Å². The van der Waals surface area contributed by atoms with E-state index in [1.807, 2.05) is 0 Å². The van der Waals surface area contributed by atoms with Gasteiger partial charge in [0.25, 0.3) is 0 Å². The van der Waals surface area contributed by atoms with Crippen molar-refractivity contribution in [1.29, 1.82) is 0 Å². The van der Waals surface area contributed by atoms with Gasteiger partial charge in [-0.2, -0.15) is 0 Å². The number of hydrogen-bond acceptors (Lipinski definition) is 6. The molecule has 0 radical (unpaired) electrons. The van der Waals surface area contributed by atoms with E-state index >= 15 is 0 Å². The van der Waals surface area contributed by atoms with Gasteiger partial charge in [0.1, 0.15) is 0 Å². The minimum absolute atomic E-state index is 0.122. The molecule has 0 aliphatic carbocycles. The van der Waals surface area contributed by atoms with Crippen LogP contribution in [0.4, 0.5) is 0 Å². The highest BCUT2D eigenvalue weighted by atomic mass is 16.6. The minimum Gasteiger partial charge on any atom is -0.466 e. The number of carbonyl (C=O) groups excluding carboxylic acids is 1. The van der Waals surface area contributed by atoms with Crippen LogP contribution in [0.5, 0.6) is 0 Å². The first-order valence-corrected chi connectivity index (χ1v) is 11.6. The topological polar surface area (TPSA) is 63.2 Å². The van der Waals surface area contributed by atoms with Crippen molar-refractivity contribution in [3.63, 3.8) is 0 Å². The third-order valence-corrected chi connectivity index (χ3v) is 4.37. The summed E-state index contributed by atoms with van der Waals surface area (Å²) < 4.78 is 27.0. The maximum absolute atomic E-state index is 11.6. The number of carbonyl (C=O) groups is 1. The lowest BCUT2D eigenvalue weighted by molar-refractivity contribution is -0.144. The van der Waals surface area contributed by atoms with Crippen LogP contribution < -0.4 is 0 Å². The first-order valence-electron chi connectivity index (χ1n) is 11.6. The van der Waals surface area contributed by atoms with Crippen molar-refractivity contribution in [3.8, 4) is 0 Å². The predicted molar refractivity (Wildman–Crippen MR) is 116 cm³/mol. The molecular formula is C23H46O6. The fraction of sp³-hybridized carbons (Fsp3) is 0.957. The molecule has 0 aromatic heterocycles. The summed E-state index contributed by atoms with van der Waals surface area (Å²) in [6.45, 7) is 12.0. The van der Waals surface area contributed by atoms with Gasteiger partial charge in [-0.15, -0.1) is 0 Å². The lowest BCUT2D eigenvalue weighted by Crippen LogP contribution is -2.12. The number of esters is 1. The van der Waals surface area contributed by atoms with Gasteiger partial charge < -0.3 is 23.7 Å². The second kappa shape index (κ2) is 23.6. The Labute approximate surface area is 178 Å². The molecule has 0 spiro atoms. The largest absolute Gasteiger partial charge is 0.466 e. The molecule has 0 bridgehead atoms. The average Bonchev–Trinajstić information content (AvgIpc) is 2.70. The van der Waals surface area contributed by atoms with E-state index in [0.717, 1.165) is 38.2 Å². The number of rotatable bonds is 23. The molecule has 174 valence electrons. The van der Waals surface area contributed by atoms with Crippen LogP contribution in [0.3, 0.4) is 0 Å². The highest BCUT2D eigenvalue weighted by Crippen LogP contribution is 2.09. The summed E-state index contributed by atoms with van der Waals surface area (Å²) in [5.74, 6) is 0.656. The zero-order chi connectivity index (χ0) is 21.4. The third-order valence-electron chi connectivity index (χ3n) is 4.37. The van der Waals surface area contributed by atoms with Crippen LogP contribution in [-0.4, -0.2) is 65.4 Å². The minimum atomic E-state index is -0.122. The van der Waals surface area contributed by atoms with E-state index in [1.165, 1.54) is 19.3 Å². The summed E-state index contributed by atoms with van der Waals surface area (Å²) >= 11 is 0. The van der Waals surface area contributed by atoms with Gasteiger partial charge in [0.2, 0.25) is 0 Å². The monoisotopic (exact) mass is 418 g/mol. The smallest absolute Gasteiger partial charge is 0.305 e. The summed E-state index contributed by atoms with van der Waals surface area (Å²) in [4.78, 5) is 11.6. The zero-order valence-corrected chi connectivity index (χ0v) is 19.3. The molecule has 0 atom stereocenters. The SMILES string of the molecule is CCCCOCCOCCOCCOCCCC(=O)OCCCCCCC(C)C. The van der Waals surface area contributed by atoms with Gasteiger partial charge in [0.05, 0.1) is 46.2 Å². The first kappa shape index (κ1) is 28.3. The molecule has 0 rings (SSSR count). The quantitative estimate of drug-likeness (QED) is 0.176. The summed E-state index contributed by atoms with van der Waals surface area (Å²) in [7, 11) is 0. The molecule has 0 heterocycles. The fourth-order valence-electron chi connectivity index (χ4n) is 2.59. The molecule has 0 N–H and O–H groups in total. The van der Waals surface area contributed by atoms with Crippen LogP contribution in [0.1, 0.15) is 78.6 Å². The maximum Gasteiger partial charge on any atom is 0.305 e. The molecule has 0 unspecified atom stereocenters. The summed E-state index contributed by atoms with van der Waals surface area (Å²) in [5, 5.41) is 0. The van der Waals surface area contributed by atoms with E-state index in [9.17, 15) is 4.79 Å². The normalized spacial score (nSPS) is 11.3. The molecule has 0 saturated heterocycles. The zero-order valence-electron chi connectivity index (χ0n) is 19.3. The molecule has 6 heteroatoms. The predicted octanol–water partition coefficient (Wildman–Crippen LogP) is 4.78. The Morgan fingerprint density at radius 3 is 1.69 bits per heavy atom. The Bertz CT molecular complexity index is 335. The van der Waals surface area contributed by atoms with Gasteiger partial charge in [-0.05, 0) is 25.2 Å². The Balaban J connectivity index is 3.14. The highest BCUT2D eigenvalue weighted by molar-refractivity contribution is 5.69. The second-order valence-corrected chi connectivity index (χ2v) is 7.72. The van der Waals surface area contributed by atoms with Crippen molar-refractivity contribution in [1.82, 2.24) is 0 Å². The van der Waals surface area contributed by atoms with Crippen LogP contribution in [0.25, 0.3) is 0 Å². The molecule has 0 saturated carbocycles.